The number of ether oxygens (including phenoxy) is 1. The van der Waals surface area contributed by atoms with Gasteiger partial charge in [0.25, 0.3) is 0 Å². The van der Waals surface area contributed by atoms with Gasteiger partial charge in [0.15, 0.2) is 5.65 Å². The van der Waals surface area contributed by atoms with Crippen molar-refractivity contribution >= 4 is 22.8 Å². The van der Waals surface area contributed by atoms with Crippen LogP contribution in [0.25, 0.3) is 11.0 Å². The number of nitrogens with zero attached hydrogens (tertiary/aromatic N) is 4. The molecule has 1 aliphatic rings. The Morgan fingerprint density at radius 1 is 1.46 bits per heavy atom. The molecule has 24 heavy (non-hydrogen) atoms. The van der Waals surface area contributed by atoms with Crippen LogP contribution in [0.15, 0.2) is 12.3 Å². The molecule has 3 rings (SSSR count). The van der Waals surface area contributed by atoms with Gasteiger partial charge in [-0.1, -0.05) is 13.8 Å². The fourth-order valence-corrected chi connectivity index (χ4v) is 3.02. The largest absolute Gasteiger partial charge is 0.376 e. The second-order valence-corrected chi connectivity index (χ2v) is 6.69. The van der Waals surface area contributed by atoms with Crippen LogP contribution < -0.4 is 5.32 Å². The van der Waals surface area contributed by atoms with Gasteiger partial charge in [0.1, 0.15) is 0 Å². The predicted molar refractivity (Wildman–Crippen MR) is 93.0 cm³/mol. The number of anilines is 1. The summed E-state index contributed by atoms with van der Waals surface area (Å²) in [5, 5.41) is 8.27. The Hall–Kier alpha value is -2.15. The van der Waals surface area contributed by atoms with Gasteiger partial charge >= 0.3 is 6.03 Å². The first-order valence-electron chi connectivity index (χ1n) is 8.42. The average molecular weight is 331 g/mol. The van der Waals surface area contributed by atoms with Crippen LogP contribution in [0.3, 0.4) is 0 Å². The number of aryl methyl sites for hydroxylation is 2. The number of hydrogen-bond acceptors (Lipinski definition) is 4. The van der Waals surface area contributed by atoms with Crippen LogP contribution in [0.1, 0.15) is 26.0 Å². The second kappa shape index (κ2) is 6.76. The summed E-state index contributed by atoms with van der Waals surface area (Å²) in [5.41, 5.74) is 2.41. The van der Waals surface area contributed by atoms with E-state index in [4.69, 9.17) is 4.74 Å². The van der Waals surface area contributed by atoms with Gasteiger partial charge in [-0.05, 0) is 25.3 Å². The highest BCUT2D eigenvalue weighted by molar-refractivity contribution is 5.92. The van der Waals surface area contributed by atoms with Crippen molar-refractivity contribution in [3.05, 3.63) is 18.0 Å². The molecule has 0 aliphatic carbocycles. The first-order chi connectivity index (χ1) is 11.5. The molecule has 2 aromatic rings. The molecule has 7 heteroatoms. The van der Waals surface area contributed by atoms with E-state index in [2.05, 4.69) is 29.2 Å². The van der Waals surface area contributed by atoms with Crippen LogP contribution in [-0.2, 0) is 11.8 Å². The zero-order chi connectivity index (χ0) is 17.3. The van der Waals surface area contributed by atoms with E-state index in [9.17, 15) is 4.79 Å². The quantitative estimate of drug-likeness (QED) is 0.918. The molecule has 7 nitrogen and oxygen atoms in total. The maximum absolute atomic E-state index is 12.6. The van der Waals surface area contributed by atoms with Crippen LogP contribution in [0.2, 0.25) is 0 Å². The van der Waals surface area contributed by atoms with Crippen molar-refractivity contribution in [3.63, 3.8) is 0 Å². The van der Waals surface area contributed by atoms with Gasteiger partial charge in [0, 0.05) is 32.1 Å². The highest BCUT2D eigenvalue weighted by atomic mass is 16.5. The fourth-order valence-electron chi connectivity index (χ4n) is 3.02. The number of pyridine rings is 1. The van der Waals surface area contributed by atoms with E-state index in [-0.39, 0.29) is 12.1 Å². The van der Waals surface area contributed by atoms with Gasteiger partial charge in [-0.2, -0.15) is 5.10 Å². The van der Waals surface area contributed by atoms with Gasteiger partial charge < -0.3 is 15.0 Å². The van der Waals surface area contributed by atoms with Crippen LogP contribution in [0.5, 0.6) is 0 Å². The molecule has 0 saturated carbocycles. The lowest BCUT2D eigenvalue weighted by Gasteiger charge is -2.26. The Balaban J connectivity index is 1.75. The third-order valence-electron chi connectivity index (χ3n) is 4.45. The minimum Gasteiger partial charge on any atom is -0.376 e. The van der Waals surface area contributed by atoms with Gasteiger partial charge in [-0.3, -0.25) is 4.68 Å². The summed E-state index contributed by atoms with van der Waals surface area (Å²) in [6.07, 6.45) is 2.62. The molecule has 0 spiro atoms. The topological polar surface area (TPSA) is 72.3 Å². The van der Waals surface area contributed by atoms with E-state index < -0.39 is 0 Å². The highest BCUT2D eigenvalue weighted by Gasteiger charge is 2.24. The van der Waals surface area contributed by atoms with E-state index in [0.29, 0.717) is 31.3 Å². The molecule has 1 saturated heterocycles. The van der Waals surface area contributed by atoms with Crippen LogP contribution in [-0.4, -0.2) is 51.5 Å². The number of urea groups is 1. The molecule has 3 heterocycles. The number of hydrogen-bond donors (Lipinski definition) is 1. The SMILES string of the molecule is Cc1nn(C)c2ncc(NC(=O)N3CCCOC(C(C)C)C3)cc12. The number of carbonyl (C=O) groups excluding carboxylic acids is 1. The lowest BCUT2D eigenvalue weighted by atomic mass is 10.1. The zero-order valence-electron chi connectivity index (χ0n) is 14.7. The number of nitrogens with one attached hydrogen (secondary N) is 1. The molecule has 1 N–H and O–H groups in total. The molecule has 0 radical (unpaired) electrons. The summed E-state index contributed by atoms with van der Waals surface area (Å²) in [6.45, 7) is 8.20. The number of rotatable bonds is 2. The van der Waals surface area contributed by atoms with Gasteiger partial charge in [0.2, 0.25) is 0 Å². The third kappa shape index (κ3) is 3.36. The third-order valence-corrected chi connectivity index (χ3v) is 4.45. The Labute approximate surface area is 142 Å². The number of carbonyl (C=O) groups is 1. The summed E-state index contributed by atoms with van der Waals surface area (Å²) < 4.78 is 7.57. The molecule has 1 unspecified atom stereocenters. The lowest BCUT2D eigenvalue weighted by molar-refractivity contribution is 0.0273. The number of aromatic nitrogens is 3. The van der Waals surface area contributed by atoms with E-state index in [1.807, 2.05) is 24.9 Å². The van der Waals surface area contributed by atoms with Crippen molar-refractivity contribution < 1.29 is 9.53 Å². The summed E-state index contributed by atoms with van der Waals surface area (Å²) in [6, 6.07) is 1.82. The van der Waals surface area contributed by atoms with E-state index in [0.717, 1.165) is 23.1 Å². The summed E-state index contributed by atoms with van der Waals surface area (Å²) in [5.74, 6) is 0.384. The molecule has 130 valence electrons. The Kier molecular flexibility index (Phi) is 4.71. The smallest absolute Gasteiger partial charge is 0.321 e. The van der Waals surface area contributed by atoms with Gasteiger partial charge in [-0.25, -0.2) is 9.78 Å². The summed E-state index contributed by atoms with van der Waals surface area (Å²) >= 11 is 0. The number of amides is 2. The normalized spacial score (nSPS) is 18.9. The van der Waals surface area contributed by atoms with Crippen molar-refractivity contribution in [2.24, 2.45) is 13.0 Å². The first kappa shape index (κ1) is 16.7. The van der Waals surface area contributed by atoms with Crippen LogP contribution >= 0.6 is 0 Å². The maximum Gasteiger partial charge on any atom is 0.321 e. The molecule has 1 aliphatic heterocycles. The summed E-state index contributed by atoms with van der Waals surface area (Å²) in [4.78, 5) is 18.9. The van der Waals surface area contributed by atoms with Crippen LogP contribution in [0.4, 0.5) is 10.5 Å². The molecule has 2 amide bonds. The van der Waals surface area contributed by atoms with E-state index >= 15 is 0 Å². The first-order valence-corrected chi connectivity index (χ1v) is 8.42. The maximum atomic E-state index is 12.6. The molecule has 1 fully saturated rings. The number of fused-ring (bicyclic) bond motifs is 1. The van der Waals surface area contributed by atoms with Crippen molar-refractivity contribution in [2.45, 2.75) is 33.3 Å². The Morgan fingerprint density at radius 2 is 2.25 bits per heavy atom. The molecule has 1 atom stereocenters. The van der Waals surface area contributed by atoms with E-state index in [1.54, 1.807) is 10.9 Å². The standard InChI is InChI=1S/C17H25N5O2/c1-11(2)15-10-22(6-5-7-24-15)17(23)19-13-8-14-12(3)20-21(4)16(14)18-9-13/h8-9,11,15H,5-7,10H2,1-4H3,(H,19,23). The van der Waals surface area contributed by atoms with E-state index in [1.165, 1.54) is 0 Å². The zero-order valence-corrected chi connectivity index (χ0v) is 14.7. The molecule has 0 aromatic carbocycles. The molecular formula is C17H25N5O2. The Morgan fingerprint density at radius 3 is 3.00 bits per heavy atom. The minimum atomic E-state index is -0.103. The lowest BCUT2D eigenvalue weighted by Crippen LogP contribution is -2.41. The van der Waals surface area contributed by atoms with Crippen molar-refractivity contribution in [1.29, 1.82) is 0 Å². The fraction of sp³-hybridized carbons (Fsp3) is 0.588. The predicted octanol–water partition coefficient (Wildman–Crippen LogP) is 2.56. The second-order valence-electron chi connectivity index (χ2n) is 6.69. The molecule has 2 aromatic heterocycles. The van der Waals surface area contributed by atoms with Gasteiger partial charge in [-0.15, -0.1) is 0 Å². The van der Waals surface area contributed by atoms with Crippen molar-refractivity contribution in [1.82, 2.24) is 19.7 Å². The summed E-state index contributed by atoms with van der Waals surface area (Å²) in [7, 11) is 1.86. The monoisotopic (exact) mass is 331 g/mol. The molecular weight excluding hydrogens is 306 g/mol. The average Bonchev–Trinajstić information content (AvgIpc) is 2.73. The van der Waals surface area contributed by atoms with Crippen LogP contribution in [0, 0.1) is 12.8 Å². The van der Waals surface area contributed by atoms with Crippen molar-refractivity contribution in [3.8, 4) is 0 Å². The van der Waals surface area contributed by atoms with Gasteiger partial charge in [0.05, 0.1) is 23.7 Å². The van der Waals surface area contributed by atoms with Crippen molar-refractivity contribution in [2.75, 3.05) is 25.0 Å². The minimum absolute atomic E-state index is 0.0828. The highest BCUT2D eigenvalue weighted by Crippen LogP contribution is 2.20. The molecule has 0 bridgehead atoms. The Bertz CT molecular complexity index is 740.